The van der Waals surface area contributed by atoms with Crippen LogP contribution < -0.4 is 14.9 Å². The van der Waals surface area contributed by atoms with E-state index in [-0.39, 0.29) is 5.91 Å². The molecule has 1 amide bonds. The molecule has 5 heteroatoms. The second-order valence-electron chi connectivity index (χ2n) is 4.68. The predicted molar refractivity (Wildman–Crippen MR) is 85.8 cm³/mol. The van der Waals surface area contributed by atoms with Crippen LogP contribution in [-0.4, -0.2) is 26.3 Å². The Morgan fingerprint density at radius 3 is 2.68 bits per heavy atom. The topological polar surface area (TPSA) is 59.9 Å². The molecule has 1 N–H and O–H groups in total. The number of hydrazone groups is 1. The van der Waals surface area contributed by atoms with Gasteiger partial charge in [0.2, 0.25) is 0 Å². The van der Waals surface area contributed by atoms with Crippen molar-refractivity contribution in [1.29, 1.82) is 0 Å². The van der Waals surface area contributed by atoms with E-state index in [0.717, 1.165) is 16.9 Å². The Morgan fingerprint density at radius 1 is 1.14 bits per heavy atom. The summed E-state index contributed by atoms with van der Waals surface area (Å²) in [5.74, 6) is 0.931. The normalized spacial score (nSPS) is 10.5. The van der Waals surface area contributed by atoms with Crippen LogP contribution in [0, 0.1) is 6.92 Å². The third-order valence-electron chi connectivity index (χ3n) is 3.08. The Hall–Kier alpha value is -2.82. The number of amides is 1. The number of benzene rings is 2. The molecule has 0 heterocycles. The minimum absolute atomic E-state index is 0.323. The molecular weight excluding hydrogens is 280 g/mol. The molecule has 114 valence electrons. The average molecular weight is 298 g/mol. The van der Waals surface area contributed by atoms with E-state index in [0.29, 0.717) is 11.3 Å². The van der Waals surface area contributed by atoms with Crippen molar-refractivity contribution < 1.29 is 14.3 Å². The summed E-state index contributed by atoms with van der Waals surface area (Å²) in [4.78, 5) is 12.1. The number of ether oxygens (including phenoxy) is 2. The highest BCUT2D eigenvalue weighted by molar-refractivity contribution is 5.97. The van der Waals surface area contributed by atoms with E-state index in [1.54, 1.807) is 25.5 Å². The highest BCUT2D eigenvalue weighted by atomic mass is 16.5. The van der Waals surface area contributed by atoms with Crippen LogP contribution >= 0.6 is 0 Å². The van der Waals surface area contributed by atoms with E-state index in [2.05, 4.69) is 10.5 Å². The molecule has 2 aromatic carbocycles. The molecule has 0 radical (unpaired) electrons. The van der Waals surface area contributed by atoms with E-state index >= 15 is 0 Å². The lowest BCUT2D eigenvalue weighted by Gasteiger charge is -2.07. The monoisotopic (exact) mass is 298 g/mol. The van der Waals surface area contributed by atoms with Gasteiger partial charge in [0.05, 0.1) is 26.0 Å². The van der Waals surface area contributed by atoms with Crippen LogP contribution in [0.2, 0.25) is 0 Å². The summed E-state index contributed by atoms with van der Waals surface area (Å²) < 4.78 is 10.3. The zero-order valence-electron chi connectivity index (χ0n) is 12.8. The number of rotatable bonds is 5. The Bertz CT molecular complexity index is 696. The van der Waals surface area contributed by atoms with Crippen molar-refractivity contribution in [2.75, 3.05) is 14.2 Å². The van der Waals surface area contributed by atoms with E-state index in [9.17, 15) is 4.79 Å². The highest BCUT2D eigenvalue weighted by Gasteiger charge is 2.11. The van der Waals surface area contributed by atoms with Crippen LogP contribution in [0.1, 0.15) is 21.5 Å². The van der Waals surface area contributed by atoms with Crippen molar-refractivity contribution in [2.24, 2.45) is 5.10 Å². The van der Waals surface area contributed by atoms with Crippen molar-refractivity contribution in [1.82, 2.24) is 5.43 Å². The van der Waals surface area contributed by atoms with Crippen LogP contribution in [-0.2, 0) is 0 Å². The summed E-state index contributed by atoms with van der Waals surface area (Å²) in [7, 11) is 3.13. The molecule has 0 saturated heterocycles. The molecule has 5 nitrogen and oxygen atoms in total. The van der Waals surface area contributed by atoms with Crippen LogP contribution in [0.5, 0.6) is 11.5 Å². The summed E-state index contributed by atoms with van der Waals surface area (Å²) in [5.41, 5.74) is 4.78. The van der Waals surface area contributed by atoms with Crippen molar-refractivity contribution in [3.63, 3.8) is 0 Å². The number of carbonyl (C=O) groups is 1. The standard InChI is InChI=1S/C17H18N2O3/c1-12-7-8-15(16(9-12)22-3)17(20)19-18-11-13-5-4-6-14(10-13)21-2/h4-11H,1-3H3,(H,19,20)/b18-11-. The van der Waals surface area contributed by atoms with Crippen molar-refractivity contribution in [3.8, 4) is 11.5 Å². The molecule has 0 saturated carbocycles. The lowest BCUT2D eigenvalue weighted by molar-refractivity contribution is 0.0952. The summed E-state index contributed by atoms with van der Waals surface area (Å²) in [6, 6.07) is 12.7. The number of nitrogens with zero attached hydrogens (tertiary/aromatic N) is 1. The van der Waals surface area contributed by atoms with Gasteiger partial charge in [0.15, 0.2) is 0 Å². The zero-order valence-corrected chi connectivity index (χ0v) is 12.8. The molecule has 0 aliphatic carbocycles. The second kappa shape index (κ2) is 7.26. The minimum atomic E-state index is -0.323. The lowest BCUT2D eigenvalue weighted by Crippen LogP contribution is -2.18. The van der Waals surface area contributed by atoms with Gasteiger partial charge in [-0.15, -0.1) is 0 Å². The maximum absolute atomic E-state index is 12.1. The molecule has 0 spiro atoms. The molecule has 0 aliphatic heterocycles. The molecule has 0 fully saturated rings. The molecule has 2 rings (SSSR count). The van der Waals surface area contributed by atoms with Gasteiger partial charge in [0.25, 0.3) is 5.91 Å². The van der Waals surface area contributed by atoms with E-state index in [4.69, 9.17) is 9.47 Å². The molecule has 0 aromatic heterocycles. The van der Waals surface area contributed by atoms with E-state index in [1.165, 1.54) is 7.11 Å². The van der Waals surface area contributed by atoms with Gasteiger partial charge < -0.3 is 9.47 Å². The van der Waals surface area contributed by atoms with Crippen molar-refractivity contribution in [2.45, 2.75) is 6.92 Å². The average Bonchev–Trinajstić information content (AvgIpc) is 2.54. The third kappa shape index (κ3) is 3.85. The summed E-state index contributed by atoms with van der Waals surface area (Å²) in [5, 5.41) is 3.96. The minimum Gasteiger partial charge on any atom is -0.497 e. The SMILES string of the molecule is COc1cccc(/C=N\NC(=O)c2ccc(C)cc2OC)c1. The number of hydrogen-bond acceptors (Lipinski definition) is 4. The fourth-order valence-corrected chi connectivity index (χ4v) is 1.93. The first kappa shape index (κ1) is 15.6. The molecule has 0 unspecified atom stereocenters. The second-order valence-corrected chi connectivity index (χ2v) is 4.68. The summed E-state index contributed by atoms with van der Waals surface area (Å²) >= 11 is 0. The number of methoxy groups -OCH3 is 2. The first-order chi connectivity index (χ1) is 10.6. The van der Waals surface area contributed by atoms with Crippen LogP contribution in [0.25, 0.3) is 0 Å². The van der Waals surface area contributed by atoms with E-state index in [1.807, 2.05) is 37.3 Å². The maximum atomic E-state index is 12.1. The zero-order chi connectivity index (χ0) is 15.9. The lowest BCUT2D eigenvalue weighted by atomic mass is 10.1. The number of carbonyl (C=O) groups excluding carboxylic acids is 1. The molecule has 2 aromatic rings. The number of aryl methyl sites for hydroxylation is 1. The van der Waals surface area contributed by atoms with Gasteiger partial charge in [-0.2, -0.15) is 5.10 Å². The smallest absolute Gasteiger partial charge is 0.275 e. The van der Waals surface area contributed by atoms with E-state index < -0.39 is 0 Å². The van der Waals surface area contributed by atoms with Crippen LogP contribution in [0.15, 0.2) is 47.6 Å². The maximum Gasteiger partial charge on any atom is 0.275 e. The summed E-state index contributed by atoms with van der Waals surface area (Å²) in [6.07, 6.45) is 1.56. The number of nitrogens with one attached hydrogen (secondary N) is 1. The molecule has 22 heavy (non-hydrogen) atoms. The third-order valence-corrected chi connectivity index (χ3v) is 3.08. The van der Waals surface area contributed by atoms with Gasteiger partial charge in [0, 0.05) is 0 Å². The van der Waals surface area contributed by atoms with Crippen LogP contribution in [0.4, 0.5) is 0 Å². The fraction of sp³-hybridized carbons (Fsp3) is 0.176. The van der Waals surface area contributed by atoms with Gasteiger partial charge in [0.1, 0.15) is 11.5 Å². The Kier molecular flexibility index (Phi) is 5.14. The Labute approximate surface area is 129 Å². The molecular formula is C17H18N2O3. The Balaban J connectivity index is 2.07. The Morgan fingerprint density at radius 2 is 1.95 bits per heavy atom. The van der Waals surface area contributed by atoms with Gasteiger partial charge in [-0.1, -0.05) is 18.2 Å². The largest absolute Gasteiger partial charge is 0.497 e. The van der Waals surface area contributed by atoms with Gasteiger partial charge >= 0.3 is 0 Å². The van der Waals surface area contributed by atoms with Gasteiger partial charge in [-0.05, 0) is 42.3 Å². The molecule has 0 bridgehead atoms. The van der Waals surface area contributed by atoms with Gasteiger partial charge in [-0.25, -0.2) is 5.43 Å². The van der Waals surface area contributed by atoms with Crippen molar-refractivity contribution >= 4 is 12.1 Å². The molecule has 0 atom stereocenters. The first-order valence-corrected chi connectivity index (χ1v) is 6.76. The van der Waals surface area contributed by atoms with Crippen molar-refractivity contribution in [3.05, 3.63) is 59.2 Å². The molecule has 0 aliphatic rings. The number of hydrogen-bond donors (Lipinski definition) is 1. The highest BCUT2D eigenvalue weighted by Crippen LogP contribution is 2.19. The van der Waals surface area contributed by atoms with Gasteiger partial charge in [-0.3, -0.25) is 4.79 Å². The fourth-order valence-electron chi connectivity index (χ4n) is 1.93. The summed E-state index contributed by atoms with van der Waals surface area (Å²) in [6.45, 7) is 1.94. The van der Waals surface area contributed by atoms with Crippen LogP contribution in [0.3, 0.4) is 0 Å². The predicted octanol–water partition coefficient (Wildman–Crippen LogP) is 2.78. The first-order valence-electron chi connectivity index (χ1n) is 6.76. The quantitative estimate of drug-likeness (QED) is 0.682.